The minimum Gasteiger partial charge on any atom is -0.493 e. The zero-order valence-corrected chi connectivity index (χ0v) is 13.6. The molecule has 2 aromatic rings. The summed E-state index contributed by atoms with van der Waals surface area (Å²) in [6.45, 7) is 1.81. The highest BCUT2D eigenvalue weighted by Gasteiger charge is 2.18. The van der Waals surface area contributed by atoms with E-state index in [4.69, 9.17) is 24.7 Å². The fraction of sp³-hybridized carbons (Fsp3) is 0.438. The summed E-state index contributed by atoms with van der Waals surface area (Å²) in [5.74, 6) is 1.39. The normalized spacial score (nSPS) is 10.8. The quantitative estimate of drug-likeness (QED) is 0.730. The van der Waals surface area contributed by atoms with Crippen molar-refractivity contribution in [3.05, 3.63) is 28.7 Å². The first-order valence-electron chi connectivity index (χ1n) is 7.27. The van der Waals surface area contributed by atoms with Crippen molar-refractivity contribution in [2.45, 2.75) is 6.54 Å². The molecular weight excluding hydrogens is 300 g/mol. The number of pyridine rings is 1. The Labute approximate surface area is 134 Å². The van der Waals surface area contributed by atoms with Crippen molar-refractivity contribution in [3.63, 3.8) is 0 Å². The van der Waals surface area contributed by atoms with Crippen molar-refractivity contribution >= 4 is 10.8 Å². The molecule has 0 aliphatic carbocycles. The summed E-state index contributed by atoms with van der Waals surface area (Å²) in [5.41, 5.74) is 5.23. The van der Waals surface area contributed by atoms with E-state index in [-0.39, 0.29) is 5.56 Å². The molecule has 7 nitrogen and oxygen atoms in total. The molecule has 2 rings (SSSR count). The molecular formula is C16H22N2O5. The molecule has 126 valence electrons. The fourth-order valence-corrected chi connectivity index (χ4v) is 2.43. The van der Waals surface area contributed by atoms with Gasteiger partial charge in [-0.15, -0.1) is 0 Å². The number of benzene rings is 1. The lowest BCUT2D eigenvalue weighted by Crippen LogP contribution is -2.23. The van der Waals surface area contributed by atoms with Gasteiger partial charge in [0, 0.05) is 24.7 Å². The largest absolute Gasteiger partial charge is 0.493 e. The average Bonchev–Trinajstić information content (AvgIpc) is 2.58. The van der Waals surface area contributed by atoms with Crippen LogP contribution in [0.1, 0.15) is 0 Å². The van der Waals surface area contributed by atoms with Gasteiger partial charge in [-0.25, -0.2) is 0 Å². The maximum Gasteiger partial charge on any atom is 0.258 e. The van der Waals surface area contributed by atoms with E-state index in [9.17, 15) is 4.79 Å². The molecule has 0 saturated carbocycles. The second kappa shape index (κ2) is 7.85. The number of aromatic nitrogens is 1. The molecule has 0 amide bonds. The van der Waals surface area contributed by atoms with Gasteiger partial charge in [-0.05, 0) is 12.1 Å². The van der Waals surface area contributed by atoms with Crippen molar-refractivity contribution in [2.75, 3.05) is 41.1 Å². The maximum absolute atomic E-state index is 12.7. The van der Waals surface area contributed by atoms with E-state index in [1.165, 1.54) is 21.3 Å². The van der Waals surface area contributed by atoms with Crippen molar-refractivity contribution in [1.82, 2.24) is 4.57 Å². The molecule has 2 N–H and O–H groups in total. The maximum atomic E-state index is 12.7. The first-order chi connectivity index (χ1) is 11.2. The van der Waals surface area contributed by atoms with Crippen LogP contribution in [0.15, 0.2) is 23.1 Å². The van der Waals surface area contributed by atoms with Crippen LogP contribution in [0.4, 0.5) is 0 Å². The number of hydrogen-bond donors (Lipinski definition) is 1. The van der Waals surface area contributed by atoms with Gasteiger partial charge in [0.15, 0.2) is 11.5 Å². The van der Waals surface area contributed by atoms with Crippen LogP contribution in [0.3, 0.4) is 0 Å². The Morgan fingerprint density at radius 3 is 2.39 bits per heavy atom. The minimum atomic E-state index is -0.141. The average molecular weight is 322 g/mol. The van der Waals surface area contributed by atoms with Gasteiger partial charge in [-0.2, -0.15) is 0 Å². The van der Waals surface area contributed by atoms with Crippen LogP contribution in [0, 0.1) is 0 Å². The summed E-state index contributed by atoms with van der Waals surface area (Å²) in [6, 6.07) is 3.48. The lowest BCUT2D eigenvalue weighted by Gasteiger charge is -2.15. The van der Waals surface area contributed by atoms with Gasteiger partial charge in [0.25, 0.3) is 5.56 Å². The molecule has 0 fully saturated rings. The lowest BCUT2D eigenvalue weighted by atomic mass is 10.1. The van der Waals surface area contributed by atoms with Gasteiger partial charge < -0.3 is 29.2 Å². The van der Waals surface area contributed by atoms with Crippen LogP contribution in [-0.4, -0.2) is 45.7 Å². The van der Waals surface area contributed by atoms with Crippen molar-refractivity contribution in [1.29, 1.82) is 0 Å². The molecule has 1 aromatic heterocycles. The highest BCUT2D eigenvalue weighted by Crippen LogP contribution is 2.42. The van der Waals surface area contributed by atoms with Crippen LogP contribution in [0.2, 0.25) is 0 Å². The third kappa shape index (κ3) is 3.40. The number of ether oxygens (including phenoxy) is 4. The number of nitrogens with two attached hydrogens (primary N) is 1. The highest BCUT2D eigenvalue weighted by atomic mass is 16.5. The predicted molar refractivity (Wildman–Crippen MR) is 87.7 cm³/mol. The highest BCUT2D eigenvalue weighted by molar-refractivity contribution is 5.92. The Morgan fingerprint density at radius 1 is 1.04 bits per heavy atom. The molecule has 0 aliphatic rings. The zero-order valence-electron chi connectivity index (χ0n) is 13.6. The summed E-state index contributed by atoms with van der Waals surface area (Å²) >= 11 is 0. The molecule has 7 heteroatoms. The number of methoxy groups -OCH3 is 3. The topological polar surface area (TPSA) is 84.9 Å². The molecule has 0 saturated heterocycles. The molecule has 23 heavy (non-hydrogen) atoms. The molecule has 0 atom stereocenters. The first kappa shape index (κ1) is 17.1. The minimum absolute atomic E-state index is 0.141. The molecule has 0 bridgehead atoms. The van der Waals surface area contributed by atoms with E-state index >= 15 is 0 Å². The number of rotatable bonds is 8. The molecule has 0 aliphatic heterocycles. The Kier molecular flexibility index (Phi) is 5.84. The first-order valence-corrected chi connectivity index (χ1v) is 7.27. The fourth-order valence-electron chi connectivity index (χ4n) is 2.43. The Bertz CT molecular complexity index is 726. The van der Waals surface area contributed by atoms with E-state index in [1.807, 2.05) is 6.07 Å². The third-order valence-corrected chi connectivity index (χ3v) is 3.52. The van der Waals surface area contributed by atoms with E-state index in [0.717, 1.165) is 0 Å². The van der Waals surface area contributed by atoms with Crippen molar-refractivity contribution < 1.29 is 18.9 Å². The molecule has 0 radical (unpaired) electrons. The monoisotopic (exact) mass is 322 g/mol. The smallest absolute Gasteiger partial charge is 0.258 e. The van der Waals surface area contributed by atoms with Crippen molar-refractivity contribution in [2.24, 2.45) is 5.73 Å². The lowest BCUT2D eigenvalue weighted by molar-refractivity contribution is 0.132. The third-order valence-electron chi connectivity index (χ3n) is 3.52. The van der Waals surface area contributed by atoms with Gasteiger partial charge in [0.1, 0.15) is 0 Å². The summed E-state index contributed by atoms with van der Waals surface area (Å²) < 4.78 is 23.0. The second-order valence-corrected chi connectivity index (χ2v) is 4.82. The molecule has 0 spiro atoms. The summed E-state index contributed by atoms with van der Waals surface area (Å²) in [4.78, 5) is 12.7. The molecule has 1 heterocycles. The summed E-state index contributed by atoms with van der Waals surface area (Å²) in [6.07, 6.45) is 1.71. The predicted octanol–water partition coefficient (Wildman–Crippen LogP) is 1.00. The Hall–Kier alpha value is -2.25. The van der Waals surface area contributed by atoms with Gasteiger partial charge in [-0.3, -0.25) is 4.79 Å². The Morgan fingerprint density at radius 2 is 1.78 bits per heavy atom. The second-order valence-electron chi connectivity index (χ2n) is 4.82. The van der Waals surface area contributed by atoms with Crippen molar-refractivity contribution in [3.8, 4) is 17.2 Å². The Balaban J connectivity index is 2.50. The van der Waals surface area contributed by atoms with Gasteiger partial charge in [0.2, 0.25) is 5.75 Å². The van der Waals surface area contributed by atoms with Gasteiger partial charge >= 0.3 is 0 Å². The number of fused-ring (bicyclic) bond motifs is 1. The van der Waals surface area contributed by atoms with Crippen LogP contribution in [-0.2, 0) is 11.3 Å². The van der Waals surface area contributed by atoms with Crippen LogP contribution >= 0.6 is 0 Å². The van der Waals surface area contributed by atoms with Crippen LogP contribution in [0.25, 0.3) is 10.8 Å². The van der Waals surface area contributed by atoms with E-state index in [0.29, 0.717) is 54.3 Å². The number of nitrogens with zero attached hydrogens (tertiary/aromatic N) is 1. The molecule has 0 unspecified atom stereocenters. The summed E-state index contributed by atoms with van der Waals surface area (Å²) in [5, 5.41) is 1.18. The summed E-state index contributed by atoms with van der Waals surface area (Å²) in [7, 11) is 4.58. The number of hydrogen-bond acceptors (Lipinski definition) is 6. The van der Waals surface area contributed by atoms with Gasteiger partial charge in [0.05, 0.1) is 39.9 Å². The van der Waals surface area contributed by atoms with E-state index in [2.05, 4.69) is 0 Å². The van der Waals surface area contributed by atoms with Gasteiger partial charge in [-0.1, -0.05) is 0 Å². The zero-order chi connectivity index (χ0) is 16.8. The standard InChI is InChI=1S/C16H22N2O5/c1-20-13-10-12-11(14(21-2)15(13)22-3)4-6-18(16(12)19)7-9-23-8-5-17/h4,6,10H,5,7-9,17H2,1-3H3. The molecule has 1 aromatic carbocycles. The van der Waals surface area contributed by atoms with E-state index < -0.39 is 0 Å². The van der Waals surface area contributed by atoms with Crippen LogP contribution in [0.5, 0.6) is 17.2 Å². The van der Waals surface area contributed by atoms with E-state index in [1.54, 1.807) is 16.8 Å². The SMILES string of the molecule is COc1cc2c(=O)n(CCOCCN)ccc2c(OC)c1OC. The van der Waals surface area contributed by atoms with Crippen LogP contribution < -0.4 is 25.5 Å².